The average molecular weight is 333 g/mol. The molecule has 5 heteroatoms. The fourth-order valence-corrected chi connectivity index (χ4v) is 2.96. The highest BCUT2D eigenvalue weighted by molar-refractivity contribution is 7.89. The molecule has 0 heterocycles. The lowest BCUT2D eigenvalue weighted by atomic mass is 10.2. The fourth-order valence-electron chi connectivity index (χ4n) is 1.95. The molecule has 1 N–H and O–H groups in total. The van der Waals surface area contributed by atoms with Gasteiger partial charge in [-0.25, -0.2) is 13.1 Å². The monoisotopic (exact) mass is 333 g/mol. The quantitative estimate of drug-likeness (QED) is 0.843. The van der Waals surface area contributed by atoms with Crippen LogP contribution in [-0.4, -0.2) is 15.0 Å². The van der Waals surface area contributed by atoms with Gasteiger partial charge in [-0.1, -0.05) is 43.7 Å². The normalized spacial score (nSPS) is 11.7. The molecular weight excluding hydrogens is 310 g/mol. The zero-order valence-corrected chi connectivity index (χ0v) is 14.6. The summed E-state index contributed by atoms with van der Waals surface area (Å²) in [5.74, 6) is 1.26. The summed E-state index contributed by atoms with van der Waals surface area (Å²) in [4.78, 5) is 0.278. The molecule has 0 bridgehead atoms. The first-order valence-corrected chi connectivity index (χ1v) is 9.13. The van der Waals surface area contributed by atoms with E-state index in [0.29, 0.717) is 12.5 Å². The maximum absolute atomic E-state index is 12.2. The number of hydrogen-bond donors (Lipinski definition) is 1. The van der Waals surface area contributed by atoms with Crippen molar-refractivity contribution in [3.05, 3.63) is 59.7 Å². The van der Waals surface area contributed by atoms with Crippen LogP contribution in [0, 0.1) is 12.8 Å². The van der Waals surface area contributed by atoms with E-state index in [1.54, 1.807) is 24.3 Å². The molecule has 0 aliphatic rings. The zero-order chi connectivity index (χ0) is 16.9. The largest absolute Gasteiger partial charge is 0.493 e. The third kappa shape index (κ3) is 5.37. The highest BCUT2D eigenvalue weighted by Gasteiger charge is 2.13. The Labute approximate surface area is 138 Å². The highest BCUT2D eigenvalue weighted by atomic mass is 32.2. The number of benzene rings is 2. The van der Waals surface area contributed by atoms with Crippen molar-refractivity contribution in [2.75, 3.05) is 6.61 Å². The molecule has 124 valence electrons. The van der Waals surface area contributed by atoms with Crippen molar-refractivity contribution in [1.29, 1.82) is 0 Å². The summed E-state index contributed by atoms with van der Waals surface area (Å²) in [7, 11) is -3.49. The Kier molecular flexibility index (Phi) is 5.80. The summed E-state index contributed by atoms with van der Waals surface area (Å²) in [5.41, 5.74) is 1.92. The minimum absolute atomic E-state index is 0.251. The molecule has 0 saturated carbocycles. The van der Waals surface area contributed by atoms with E-state index in [1.807, 2.05) is 31.2 Å². The first-order valence-electron chi connectivity index (χ1n) is 7.65. The summed E-state index contributed by atoms with van der Waals surface area (Å²) >= 11 is 0. The molecule has 0 aliphatic heterocycles. The van der Waals surface area contributed by atoms with Crippen LogP contribution in [0.5, 0.6) is 5.75 Å². The van der Waals surface area contributed by atoms with E-state index in [-0.39, 0.29) is 11.4 Å². The first-order chi connectivity index (χ1) is 10.9. The van der Waals surface area contributed by atoms with Crippen molar-refractivity contribution in [3.63, 3.8) is 0 Å². The Hall–Kier alpha value is -1.85. The molecule has 2 aromatic rings. The van der Waals surface area contributed by atoms with E-state index in [1.165, 1.54) is 0 Å². The Morgan fingerprint density at radius 2 is 1.61 bits per heavy atom. The van der Waals surface area contributed by atoms with E-state index >= 15 is 0 Å². The number of nitrogens with one attached hydrogen (secondary N) is 1. The second kappa shape index (κ2) is 7.62. The van der Waals surface area contributed by atoms with Crippen molar-refractivity contribution in [2.45, 2.75) is 32.2 Å². The molecule has 4 nitrogen and oxygen atoms in total. The van der Waals surface area contributed by atoms with Gasteiger partial charge in [-0.3, -0.25) is 0 Å². The van der Waals surface area contributed by atoms with Crippen molar-refractivity contribution in [2.24, 2.45) is 5.92 Å². The maximum atomic E-state index is 12.2. The molecule has 0 aliphatic carbocycles. The van der Waals surface area contributed by atoms with Gasteiger partial charge >= 0.3 is 0 Å². The number of hydrogen-bond acceptors (Lipinski definition) is 3. The first kappa shape index (κ1) is 17.5. The highest BCUT2D eigenvalue weighted by Crippen LogP contribution is 2.15. The van der Waals surface area contributed by atoms with Crippen LogP contribution in [0.15, 0.2) is 53.4 Å². The number of aryl methyl sites for hydroxylation is 1. The predicted molar refractivity (Wildman–Crippen MR) is 92.0 cm³/mol. The maximum Gasteiger partial charge on any atom is 0.240 e. The Balaban J connectivity index is 1.96. The van der Waals surface area contributed by atoms with Gasteiger partial charge in [0.1, 0.15) is 5.75 Å². The van der Waals surface area contributed by atoms with Gasteiger partial charge in [-0.15, -0.1) is 0 Å². The molecule has 0 aromatic heterocycles. The average Bonchev–Trinajstić information content (AvgIpc) is 2.52. The summed E-state index contributed by atoms with van der Waals surface area (Å²) < 4.78 is 32.7. The van der Waals surface area contributed by atoms with Crippen LogP contribution in [0.2, 0.25) is 0 Å². The van der Waals surface area contributed by atoms with Gasteiger partial charge in [0.15, 0.2) is 0 Å². The SMILES string of the molecule is Cc1ccc(S(=O)(=O)NCc2ccc(OCC(C)C)cc2)cc1. The summed E-state index contributed by atoms with van der Waals surface area (Å²) in [6.07, 6.45) is 0. The minimum atomic E-state index is -3.49. The van der Waals surface area contributed by atoms with Gasteiger partial charge in [-0.05, 0) is 42.7 Å². The van der Waals surface area contributed by atoms with Crippen molar-refractivity contribution < 1.29 is 13.2 Å². The lowest BCUT2D eigenvalue weighted by Gasteiger charge is -2.10. The predicted octanol–water partition coefficient (Wildman–Crippen LogP) is 3.51. The van der Waals surface area contributed by atoms with Crippen LogP contribution in [-0.2, 0) is 16.6 Å². The van der Waals surface area contributed by atoms with Gasteiger partial charge in [0.2, 0.25) is 10.0 Å². The zero-order valence-electron chi connectivity index (χ0n) is 13.7. The van der Waals surface area contributed by atoms with Crippen LogP contribution in [0.3, 0.4) is 0 Å². The van der Waals surface area contributed by atoms with Gasteiger partial charge in [-0.2, -0.15) is 0 Å². The number of sulfonamides is 1. The molecule has 0 atom stereocenters. The molecule has 0 fully saturated rings. The van der Waals surface area contributed by atoms with E-state index < -0.39 is 10.0 Å². The van der Waals surface area contributed by atoms with Gasteiger partial charge in [0.05, 0.1) is 11.5 Å². The Morgan fingerprint density at radius 1 is 1.00 bits per heavy atom. The third-order valence-corrected chi connectivity index (χ3v) is 4.72. The van der Waals surface area contributed by atoms with E-state index in [4.69, 9.17) is 4.74 Å². The second-order valence-electron chi connectivity index (χ2n) is 5.99. The lowest BCUT2D eigenvalue weighted by Crippen LogP contribution is -2.23. The van der Waals surface area contributed by atoms with Crippen LogP contribution >= 0.6 is 0 Å². The summed E-state index contributed by atoms with van der Waals surface area (Å²) in [5, 5.41) is 0. The van der Waals surface area contributed by atoms with E-state index in [9.17, 15) is 8.42 Å². The molecule has 0 unspecified atom stereocenters. The van der Waals surface area contributed by atoms with Gasteiger partial charge in [0, 0.05) is 6.54 Å². The number of ether oxygens (including phenoxy) is 1. The van der Waals surface area contributed by atoms with E-state index in [0.717, 1.165) is 16.9 Å². The molecule has 0 spiro atoms. The molecular formula is C18H23NO3S. The molecule has 2 rings (SSSR count). The molecule has 0 amide bonds. The van der Waals surface area contributed by atoms with Gasteiger partial charge in [0.25, 0.3) is 0 Å². The van der Waals surface area contributed by atoms with Crippen molar-refractivity contribution >= 4 is 10.0 Å². The van der Waals surface area contributed by atoms with Crippen molar-refractivity contribution in [1.82, 2.24) is 4.72 Å². The van der Waals surface area contributed by atoms with Crippen molar-refractivity contribution in [3.8, 4) is 5.75 Å². The Bertz CT molecular complexity index is 720. The molecule has 0 radical (unpaired) electrons. The second-order valence-corrected chi connectivity index (χ2v) is 7.75. The van der Waals surface area contributed by atoms with Crippen LogP contribution < -0.4 is 9.46 Å². The molecule has 23 heavy (non-hydrogen) atoms. The van der Waals surface area contributed by atoms with E-state index in [2.05, 4.69) is 18.6 Å². The summed E-state index contributed by atoms with van der Waals surface area (Å²) in [6.45, 7) is 7.02. The minimum Gasteiger partial charge on any atom is -0.493 e. The topological polar surface area (TPSA) is 55.4 Å². The van der Waals surface area contributed by atoms with Gasteiger partial charge < -0.3 is 4.74 Å². The standard InChI is InChI=1S/C18H23NO3S/c1-14(2)13-22-17-8-6-16(7-9-17)12-19-23(20,21)18-10-4-15(3)5-11-18/h4-11,14,19H,12-13H2,1-3H3. The van der Waals surface area contributed by atoms with Crippen LogP contribution in [0.1, 0.15) is 25.0 Å². The molecule has 0 saturated heterocycles. The fraction of sp³-hybridized carbons (Fsp3) is 0.333. The molecule has 2 aromatic carbocycles. The Morgan fingerprint density at radius 3 is 2.17 bits per heavy atom. The summed E-state index contributed by atoms with van der Waals surface area (Å²) in [6, 6.07) is 14.3. The number of rotatable bonds is 7. The smallest absolute Gasteiger partial charge is 0.240 e. The van der Waals surface area contributed by atoms with Crippen LogP contribution in [0.4, 0.5) is 0 Å². The van der Waals surface area contributed by atoms with Crippen LogP contribution in [0.25, 0.3) is 0 Å². The third-order valence-electron chi connectivity index (χ3n) is 3.30. The lowest BCUT2D eigenvalue weighted by molar-refractivity contribution is 0.271.